The van der Waals surface area contributed by atoms with Crippen molar-refractivity contribution in [1.82, 2.24) is 9.97 Å². The van der Waals surface area contributed by atoms with Crippen molar-refractivity contribution in [3.05, 3.63) is 66.0 Å². The molecule has 0 bridgehead atoms. The smallest absolute Gasteiger partial charge is 0.263 e. The molecular weight excluding hydrogens is 422 g/mol. The molecule has 30 heavy (non-hydrogen) atoms. The molecule has 3 N–H and O–H groups in total. The number of aryl methyl sites for hydroxylation is 2. The second-order valence-corrected chi connectivity index (χ2v) is 8.56. The topological polar surface area (TPSA) is 105 Å². The van der Waals surface area contributed by atoms with E-state index in [4.69, 9.17) is 17.0 Å². The SMILES string of the molecule is COc1cc(NS(=O)(=O)c2ccc(NC(=S)Nc3ccc(C)cc3C)cc2)ncn1. The zero-order chi connectivity index (χ0) is 21.7. The fraction of sp³-hybridized carbons (Fsp3) is 0.150. The number of benzene rings is 2. The maximum Gasteiger partial charge on any atom is 0.263 e. The maximum atomic E-state index is 12.6. The predicted octanol–water partition coefficient (Wildman–Crippen LogP) is 3.71. The van der Waals surface area contributed by atoms with Crippen molar-refractivity contribution in [1.29, 1.82) is 0 Å². The zero-order valence-electron chi connectivity index (χ0n) is 16.6. The van der Waals surface area contributed by atoms with Crippen molar-refractivity contribution in [3.63, 3.8) is 0 Å². The van der Waals surface area contributed by atoms with Crippen LogP contribution in [0.15, 0.2) is 59.8 Å². The number of methoxy groups -OCH3 is 1. The molecule has 0 unspecified atom stereocenters. The van der Waals surface area contributed by atoms with E-state index in [9.17, 15) is 8.42 Å². The fourth-order valence-corrected chi connectivity index (χ4v) is 3.89. The summed E-state index contributed by atoms with van der Waals surface area (Å²) >= 11 is 5.35. The van der Waals surface area contributed by atoms with Gasteiger partial charge in [-0.15, -0.1) is 0 Å². The van der Waals surface area contributed by atoms with Gasteiger partial charge in [0.1, 0.15) is 12.1 Å². The molecule has 8 nitrogen and oxygen atoms in total. The lowest BCUT2D eigenvalue weighted by molar-refractivity contribution is 0.397. The van der Waals surface area contributed by atoms with E-state index in [1.54, 1.807) is 12.1 Å². The lowest BCUT2D eigenvalue weighted by Crippen LogP contribution is -2.20. The minimum Gasteiger partial charge on any atom is -0.481 e. The summed E-state index contributed by atoms with van der Waals surface area (Å²) in [7, 11) is -2.38. The fourth-order valence-electron chi connectivity index (χ4n) is 2.66. The third kappa shape index (κ3) is 5.43. The van der Waals surface area contributed by atoms with E-state index in [0.29, 0.717) is 10.8 Å². The predicted molar refractivity (Wildman–Crippen MR) is 122 cm³/mol. The van der Waals surface area contributed by atoms with Crippen molar-refractivity contribution < 1.29 is 13.2 Å². The van der Waals surface area contributed by atoms with E-state index in [2.05, 4.69) is 31.4 Å². The van der Waals surface area contributed by atoms with Crippen molar-refractivity contribution in [2.24, 2.45) is 0 Å². The minimum atomic E-state index is -3.81. The molecule has 1 aromatic heterocycles. The lowest BCUT2D eigenvalue weighted by Gasteiger charge is -2.13. The van der Waals surface area contributed by atoms with Crippen molar-refractivity contribution in [3.8, 4) is 5.88 Å². The molecule has 3 aromatic rings. The van der Waals surface area contributed by atoms with Crippen LogP contribution in [0.1, 0.15) is 11.1 Å². The molecule has 0 saturated carbocycles. The van der Waals surface area contributed by atoms with Gasteiger partial charge in [0.05, 0.1) is 12.0 Å². The Kier molecular flexibility index (Phi) is 6.48. The van der Waals surface area contributed by atoms with E-state index in [1.165, 1.54) is 37.2 Å². The van der Waals surface area contributed by atoms with Crippen LogP contribution in [-0.2, 0) is 10.0 Å². The van der Waals surface area contributed by atoms with Crippen LogP contribution >= 0.6 is 12.2 Å². The Hall–Kier alpha value is -3.24. The molecule has 156 valence electrons. The maximum absolute atomic E-state index is 12.6. The number of thiocarbonyl (C=S) groups is 1. The first-order valence-electron chi connectivity index (χ1n) is 8.91. The van der Waals surface area contributed by atoms with E-state index in [1.807, 2.05) is 26.0 Å². The molecule has 0 spiro atoms. The van der Waals surface area contributed by atoms with E-state index in [0.717, 1.165) is 11.3 Å². The molecule has 10 heteroatoms. The summed E-state index contributed by atoms with van der Waals surface area (Å²) in [6, 6.07) is 13.6. The first-order valence-corrected chi connectivity index (χ1v) is 10.8. The van der Waals surface area contributed by atoms with Gasteiger partial charge < -0.3 is 15.4 Å². The van der Waals surface area contributed by atoms with Crippen molar-refractivity contribution in [2.75, 3.05) is 22.5 Å². The Balaban J connectivity index is 1.66. The first kappa shape index (κ1) is 21.5. The Morgan fingerprint density at radius 2 is 1.73 bits per heavy atom. The van der Waals surface area contributed by atoms with Gasteiger partial charge >= 0.3 is 0 Å². The average molecular weight is 444 g/mol. The summed E-state index contributed by atoms with van der Waals surface area (Å²) in [4.78, 5) is 7.82. The number of aromatic nitrogens is 2. The highest BCUT2D eigenvalue weighted by Gasteiger charge is 2.15. The second kappa shape index (κ2) is 9.06. The number of rotatable bonds is 6. The molecule has 0 fully saturated rings. The highest BCUT2D eigenvalue weighted by molar-refractivity contribution is 7.92. The molecule has 2 aromatic carbocycles. The van der Waals surface area contributed by atoms with Gasteiger partial charge in [0.25, 0.3) is 10.0 Å². The summed E-state index contributed by atoms with van der Waals surface area (Å²) in [5.74, 6) is 0.370. The Bertz CT molecular complexity index is 1170. The van der Waals surface area contributed by atoms with E-state index >= 15 is 0 Å². The van der Waals surface area contributed by atoms with Crippen molar-refractivity contribution in [2.45, 2.75) is 18.7 Å². The highest BCUT2D eigenvalue weighted by atomic mass is 32.2. The van der Waals surface area contributed by atoms with Crippen LogP contribution < -0.4 is 20.1 Å². The molecule has 1 heterocycles. The molecule has 3 rings (SSSR count). The van der Waals surface area contributed by atoms with Gasteiger partial charge in [0.2, 0.25) is 5.88 Å². The molecule has 0 saturated heterocycles. The Morgan fingerprint density at radius 3 is 2.40 bits per heavy atom. The third-order valence-corrected chi connectivity index (χ3v) is 5.72. The standard InChI is InChI=1S/C20H21N5O3S2/c1-13-4-9-17(14(2)10-13)24-20(29)23-15-5-7-16(8-6-15)30(26,27)25-18-11-19(28-3)22-12-21-18/h4-12H,1-3H3,(H,21,22,25)(H2,23,24,29). The van der Waals surface area contributed by atoms with Crippen molar-refractivity contribution >= 4 is 44.5 Å². The molecular formula is C20H21N5O3S2. The molecule has 0 aliphatic heterocycles. The van der Waals surface area contributed by atoms with Gasteiger partial charge in [-0.1, -0.05) is 17.7 Å². The van der Waals surface area contributed by atoms with Gasteiger partial charge in [-0.2, -0.15) is 0 Å². The summed E-state index contributed by atoms with van der Waals surface area (Å²) in [6.07, 6.45) is 1.22. The second-order valence-electron chi connectivity index (χ2n) is 6.47. The van der Waals surface area contributed by atoms with Crippen LogP contribution in [0.2, 0.25) is 0 Å². The number of sulfonamides is 1. The summed E-state index contributed by atoms with van der Waals surface area (Å²) in [5, 5.41) is 6.59. The summed E-state index contributed by atoms with van der Waals surface area (Å²) in [6.45, 7) is 4.02. The summed E-state index contributed by atoms with van der Waals surface area (Å²) < 4.78 is 32.5. The minimum absolute atomic E-state index is 0.0823. The van der Waals surface area contributed by atoms with Gasteiger partial charge in [0.15, 0.2) is 5.11 Å². The zero-order valence-corrected chi connectivity index (χ0v) is 18.3. The van der Waals surface area contributed by atoms with Crippen LogP contribution in [-0.4, -0.2) is 30.6 Å². The first-order chi connectivity index (χ1) is 14.3. The van der Waals surface area contributed by atoms with Crippen LogP contribution in [0, 0.1) is 13.8 Å². The van der Waals surface area contributed by atoms with Crippen LogP contribution in [0.5, 0.6) is 5.88 Å². The number of hydrogen-bond donors (Lipinski definition) is 3. The van der Waals surface area contributed by atoms with Gasteiger partial charge in [0, 0.05) is 17.4 Å². The van der Waals surface area contributed by atoms with Gasteiger partial charge in [-0.05, 0) is 62.0 Å². The van der Waals surface area contributed by atoms with E-state index in [-0.39, 0.29) is 16.6 Å². The third-order valence-electron chi connectivity index (χ3n) is 4.14. The van der Waals surface area contributed by atoms with Gasteiger partial charge in [-0.25, -0.2) is 18.4 Å². The molecule has 0 radical (unpaired) electrons. The number of ether oxygens (including phenoxy) is 1. The van der Waals surface area contributed by atoms with Crippen LogP contribution in [0.25, 0.3) is 0 Å². The molecule has 0 atom stereocenters. The number of anilines is 3. The molecule has 0 aliphatic rings. The van der Waals surface area contributed by atoms with Gasteiger partial charge in [-0.3, -0.25) is 4.72 Å². The molecule has 0 aliphatic carbocycles. The van der Waals surface area contributed by atoms with Crippen LogP contribution in [0.4, 0.5) is 17.2 Å². The van der Waals surface area contributed by atoms with E-state index < -0.39 is 10.0 Å². The largest absolute Gasteiger partial charge is 0.481 e. The summed E-state index contributed by atoms with van der Waals surface area (Å²) in [5.41, 5.74) is 3.80. The Labute approximate surface area is 180 Å². The monoisotopic (exact) mass is 443 g/mol. The quantitative estimate of drug-likeness (QED) is 0.495. The number of nitrogens with one attached hydrogen (secondary N) is 3. The molecule has 0 amide bonds. The highest BCUT2D eigenvalue weighted by Crippen LogP contribution is 2.20. The lowest BCUT2D eigenvalue weighted by atomic mass is 10.1. The average Bonchev–Trinajstić information content (AvgIpc) is 2.70. The number of nitrogens with zero attached hydrogens (tertiary/aromatic N) is 2. The Morgan fingerprint density at radius 1 is 1.00 bits per heavy atom. The van der Waals surface area contributed by atoms with Crippen LogP contribution in [0.3, 0.4) is 0 Å². The number of hydrogen-bond acceptors (Lipinski definition) is 6. The normalized spacial score (nSPS) is 10.9.